The molecule has 2 heterocycles. The van der Waals surface area contributed by atoms with Crippen LogP contribution in [0.15, 0.2) is 59.6 Å². The van der Waals surface area contributed by atoms with E-state index in [0.29, 0.717) is 16.8 Å². The highest BCUT2D eigenvalue weighted by molar-refractivity contribution is 8.18. The fourth-order valence-corrected chi connectivity index (χ4v) is 4.25. The number of amides is 3. The first-order valence-electron chi connectivity index (χ1n) is 9.73. The van der Waals surface area contributed by atoms with Crippen LogP contribution in [0.5, 0.6) is 0 Å². The van der Waals surface area contributed by atoms with Gasteiger partial charge in [-0.3, -0.25) is 24.1 Å². The highest BCUT2D eigenvalue weighted by Gasteiger charge is 2.36. The summed E-state index contributed by atoms with van der Waals surface area (Å²) in [6, 6.07) is 14.4. The summed E-state index contributed by atoms with van der Waals surface area (Å²) in [4.78, 5) is 49.8. The van der Waals surface area contributed by atoms with E-state index in [-0.39, 0.29) is 11.4 Å². The van der Waals surface area contributed by atoms with Crippen LogP contribution in [0.3, 0.4) is 0 Å². The van der Waals surface area contributed by atoms with Crippen molar-refractivity contribution in [1.82, 2.24) is 9.47 Å². The molecule has 4 rings (SSSR count). The van der Waals surface area contributed by atoms with Crippen molar-refractivity contribution < 1.29 is 24.3 Å². The van der Waals surface area contributed by atoms with Crippen molar-refractivity contribution in [1.29, 1.82) is 0 Å². The minimum absolute atomic E-state index is 0.177. The topological polar surface area (TPSA) is 109 Å². The number of hydrogen-bond acceptors (Lipinski definition) is 5. The molecule has 0 spiro atoms. The molecule has 9 heteroatoms. The molecule has 162 valence electrons. The molecule has 1 fully saturated rings. The van der Waals surface area contributed by atoms with Gasteiger partial charge < -0.3 is 15.0 Å². The Morgan fingerprint density at radius 1 is 1.06 bits per heavy atom. The van der Waals surface area contributed by atoms with Gasteiger partial charge in [0.1, 0.15) is 13.1 Å². The van der Waals surface area contributed by atoms with Crippen molar-refractivity contribution in [3.63, 3.8) is 0 Å². The zero-order valence-corrected chi connectivity index (χ0v) is 17.9. The molecule has 0 unspecified atom stereocenters. The van der Waals surface area contributed by atoms with Crippen LogP contribution in [0, 0.1) is 6.92 Å². The van der Waals surface area contributed by atoms with Gasteiger partial charge in [-0.25, -0.2) is 0 Å². The van der Waals surface area contributed by atoms with Gasteiger partial charge in [-0.15, -0.1) is 0 Å². The smallest absolute Gasteiger partial charge is 0.323 e. The van der Waals surface area contributed by atoms with Gasteiger partial charge in [0.15, 0.2) is 0 Å². The van der Waals surface area contributed by atoms with Crippen molar-refractivity contribution in [2.45, 2.75) is 13.5 Å². The normalized spacial score (nSPS) is 15.0. The number of hydrogen-bond donors (Lipinski definition) is 2. The van der Waals surface area contributed by atoms with E-state index in [1.54, 1.807) is 41.1 Å². The van der Waals surface area contributed by atoms with E-state index in [1.807, 2.05) is 31.2 Å². The first kappa shape index (κ1) is 21.4. The van der Waals surface area contributed by atoms with Gasteiger partial charge in [0.05, 0.1) is 4.91 Å². The number of carbonyl (C=O) groups excluding carboxylic acids is 3. The second kappa shape index (κ2) is 8.72. The third-order valence-corrected chi connectivity index (χ3v) is 5.83. The number of carboxylic acids is 1. The van der Waals surface area contributed by atoms with E-state index in [1.165, 1.54) is 0 Å². The second-order valence-corrected chi connectivity index (χ2v) is 8.30. The van der Waals surface area contributed by atoms with Gasteiger partial charge in [0, 0.05) is 28.4 Å². The first-order chi connectivity index (χ1) is 15.3. The highest BCUT2D eigenvalue weighted by atomic mass is 32.2. The summed E-state index contributed by atoms with van der Waals surface area (Å²) >= 11 is 0.752. The van der Waals surface area contributed by atoms with Crippen molar-refractivity contribution in [3.8, 4) is 0 Å². The number of nitrogens with zero attached hydrogens (tertiary/aromatic N) is 2. The summed E-state index contributed by atoms with van der Waals surface area (Å²) in [6.45, 7) is 1.31. The summed E-state index contributed by atoms with van der Waals surface area (Å²) in [5, 5.41) is 12.1. The number of carbonyl (C=O) groups is 4. The van der Waals surface area contributed by atoms with Gasteiger partial charge in [-0.05, 0) is 43.0 Å². The van der Waals surface area contributed by atoms with Crippen LogP contribution in [-0.4, -0.2) is 44.1 Å². The lowest BCUT2D eigenvalue weighted by molar-refractivity contribution is -0.137. The molecule has 8 nitrogen and oxygen atoms in total. The van der Waals surface area contributed by atoms with Crippen LogP contribution >= 0.6 is 11.8 Å². The number of aromatic nitrogens is 1. The van der Waals surface area contributed by atoms with Crippen LogP contribution in [0.4, 0.5) is 10.5 Å². The molecule has 1 aromatic heterocycles. The van der Waals surface area contributed by atoms with Gasteiger partial charge >= 0.3 is 5.97 Å². The number of rotatable bonds is 6. The van der Waals surface area contributed by atoms with Gasteiger partial charge in [0.25, 0.3) is 11.1 Å². The molecule has 0 aliphatic carbocycles. The summed E-state index contributed by atoms with van der Waals surface area (Å²) in [7, 11) is 0. The standard InChI is InChI=1S/C23H19N3O5S/c1-14-6-8-16(9-7-14)24-20(27)12-26-22(30)19(32-23(26)31)10-15-11-25(13-21(28)29)18-5-3-2-4-17(15)18/h2-11H,12-13H2,1H3,(H,24,27)(H,28,29)/b19-10+. The van der Waals surface area contributed by atoms with Crippen LogP contribution in [0.1, 0.15) is 11.1 Å². The molecule has 1 saturated heterocycles. The molecule has 0 radical (unpaired) electrons. The molecule has 32 heavy (non-hydrogen) atoms. The van der Waals surface area contributed by atoms with Crippen molar-refractivity contribution >= 4 is 57.5 Å². The maximum Gasteiger partial charge on any atom is 0.323 e. The van der Waals surface area contributed by atoms with Crippen LogP contribution < -0.4 is 5.32 Å². The molecular weight excluding hydrogens is 430 g/mol. The molecule has 2 aromatic carbocycles. The Morgan fingerprint density at radius 2 is 1.78 bits per heavy atom. The number of aryl methyl sites for hydroxylation is 1. The highest BCUT2D eigenvalue weighted by Crippen LogP contribution is 2.34. The molecule has 0 atom stereocenters. The van der Waals surface area contributed by atoms with Crippen LogP contribution in [0.25, 0.3) is 17.0 Å². The second-order valence-electron chi connectivity index (χ2n) is 7.31. The van der Waals surface area contributed by atoms with Gasteiger partial charge in [-0.2, -0.15) is 0 Å². The first-order valence-corrected chi connectivity index (χ1v) is 10.5. The Labute approximate surface area is 187 Å². The lowest BCUT2D eigenvalue weighted by Gasteiger charge is -2.12. The maximum atomic E-state index is 12.8. The number of anilines is 1. The molecular formula is C23H19N3O5S. The Balaban J connectivity index is 1.54. The average Bonchev–Trinajstić information content (AvgIpc) is 3.22. The molecule has 0 bridgehead atoms. The summed E-state index contributed by atoms with van der Waals surface area (Å²) < 4.78 is 1.57. The van der Waals surface area contributed by atoms with E-state index in [9.17, 15) is 19.2 Å². The van der Waals surface area contributed by atoms with Crippen LogP contribution in [-0.2, 0) is 20.9 Å². The summed E-state index contributed by atoms with van der Waals surface area (Å²) in [5.74, 6) is -2.03. The van der Waals surface area contributed by atoms with E-state index >= 15 is 0 Å². The zero-order chi connectivity index (χ0) is 22.8. The molecule has 1 aliphatic rings. The summed E-state index contributed by atoms with van der Waals surface area (Å²) in [6.07, 6.45) is 3.19. The number of nitrogens with one attached hydrogen (secondary N) is 1. The number of para-hydroxylation sites is 1. The number of fused-ring (bicyclic) bond motifs is 1. The number of imide groups is 1. The summed E-state index contributed by atoms with van der Waals surface area (Å²) in [5.41, 5.74) is 2.95. The predicted octanol–water partition coefficient (Wildman–Crippen LogP) is 3.71. The third-order valence-electron chi connectivity index (χ3n) is 4.92. The monoisotopic (exact) mass is 449 g/mol. The van der Waals surface area contributed by atoms with E-state index in [4.69, 9.17) is 5.11 Å². The number of carboxylic acid groups (broad SMARTS) is 1. The number of benzene rings is 2. The lowest BCUT2D eigenvalue weighted by atomic mass is 10.1. The van der Waals surface area contributed by atoms with Gasteiger partial charge in [-0.1, -0.05) is 35.9 Å². The third kappa shape index (κ3) is 4.42. The minimum Gasteiger partial charge on any atom is -0.480 e. The fourth-order valence-electron chi connectivity index (χ4n) is 3.43. The zero-order valence-electron chi connectivity index (χ0n) is 17.1. The number of aliphatic carboxylic acids is 1. The van der Waals surface area contributed by atoms with E-state index < -0.39 is 29.6 Å². The van der Waals surface area contributed by atoms with E-state index in [2.05, 4.69) is 5.32 Å². The SMILES string of the molecule is Cc1ccc(NC(=O)CN2C(=O)S/C(=C/c3cn(CC(=O)O)c4ccccc34)C2=O)cc1. The molecule has 1 aliphatic heterocycles. The molecule has 3 amide bonds. The minimum atomic E-state index is -0.989. The number of thioether (sulfide) groups is 1. The van der Waals surface area contributed by atoms with Crippen molar-refractivity contribution in [3.05, 3.63) is 70.8 Å². The molecule has 0 saturated carbocycles. The Morgan fingerprint density at radius 3 is 2.50 bits per heavy atom. The fraction of sp³-hybridized carbons (Fsp3) is 0.130. The van der Waals surface area contributed by atoms with Crippen LogP contribution in [0.2, 0.25) is 0 Å². The quantitative estimate of drug-likeness (QED) is 0.556. The largest absolute Gasteiger partial charge is 0.480 e. The van der Waals surface area contributed by atoms with E-state index in [0.717, 1.165) is 27.6 Å². The molecule has 2 N–H and O–H groups in total. The Kier molecular flexibility index (Phi) is 5.83. The Hall–Kier alpha value is -3.85. The van der Waals surface area contributed by atoms with Gasteiger partial charge in [0.2, 0.25) is 5.91 Å². The predicted molar refractivity (Wildman–Crippen MR) is 122 cm³/mol. The maximum absolute atomic E-state index is 12.8. The van der Waals surface area contributed by atoms with Crippen molar-refractivity contribution in [2.75, 3.05) is 11.9 Å². The Bertz CT molecular complexity index is 1280. The van der Waals surface area contributed by atoms with Crippen molar-refractivity contribution in [2.24, 2.45) is 0 Å². The average molecular weight is 449 g/mol. The molecule has 3 aromatic rings. The lowest BCUT2D eigenvalue weighted by Crippen LogP contribution is -2.36.